The molecule has 0 bridgehead atoms. The molecule has 0 aromatic rings. The molecule has 1 aliphatic heterocycles. The highest BCUT2D eigenvalue weighted by molar-refractivity contribution is 8.29. The van der Waals surface area contributed by atoms with Crippen LogP contribution in [0.3, 0.4) is 0 Å². The van der Waals surface area contributed by atoms with E-state index < -0.39 is 0 Å². The van der Waals surface area contributed by atoms with Gasteiger partial charge in [-0.25, -0.2) is 0 Å². The van der Waals surface area contributed by atoms with Gasteiger partial charge in [-0.15, -0.1) is 9.63 Å². The van der Waals surface area contributed by atoms with Gasteiger partial charge in [-0.05, 0) is 11.2 Å². The smallest absolute Gasteiger partial charge is 0.123 e. The third-order valence-electron chi connectivity index (χ3n) is 0.333. The van der Waals surface area contributed by atoms with E-state index >= 15 is 0 Å². The van der Waals surface area contributed by atoms with Gasteiger partial charge in [-0.1, -0.05) is 0 Å². The molecule has 31 valence electrons. The first kappa shape index (κ1) is 4.08. The molecule has 0 aromatic carbocycles. The molecular formula is C2HN2S2. The minimum atomic E-state index is -0.367. The van der Waals surface area contributed by atoms with Gasteiger partial charge in [0.1, 0.15) is 6.20 Å². The largest absolute Gasteiger partial charge is 0.140 e. The summed E-state index contributed by atoms with van der Waals surface area (Å²) in [5.74, 6) is 0. The van der Waals surface area contributed by atoms with Crippen molar-refractivity contribution in [2.75, 3.05) is 0 Å². The zero-order chi connectivity index (χ0) is 4.41. The molecule has 1 radical (unpaired) electrons. The van der Waals surface area contributed by atoms with Gasteiger partial charge >= 0.3 is 0 Å². The summed E-state index contributed by atoms with van der Waals surface area (Å²) in [6.45, 7) is 0. The second-order valence-corrected chi connectivity index (χ2v) is 2.68. The van der Waals surface area contributed by atoms with E-state index in [-0.39, 0.29) is 9.64 Å². The maximum atomic E-state index is 4.65. The molecule has 0 amide bonds. The van der Waals surface area contributed by atoms with Crippen molar-refractivity contribution in [2.24, 2.45) is 9.63 Å². The molecule has 2 nitrogen and oxygen atoms in total. The molecule has 1 aliphatic rings. The van der Waals surface area contributed by atoms with E-state index in [0.717, 1.165) is 0 Å². The number of nitrogens with zero attached hydrogens (tertiary/aromatic N) is 2. The average molecular weight is 117 g/mol. The zero-order valence-electron chi connectivity index (χ0n) is 2.79. The molecule has 1 unspecified atom stereocenters. The zero-order valence-corrected chi connectivity index (χ0v) is 4.42. The fourth-order valence-corrected chi connectivity index (χ4v) is 0.697. The molecule has 0 N–H and O–H groups in total. The first-order valence-corrected chi connectivity index (χ1v) is 3.47. The van der Waals surface area contributed by atoms with Gasteiger partial charge in [0, 0.05) is 15.0 Å². The standard InChI is InChI=1S/C2HN2S2/c5-6-2-1-3-4-6/h2H. The van der Waals surface area contributed by atoms with Crippen LogP contribution in [0.25, 0.3) is 0 Å². The fraction of sp³-hybridized carbons (Fsp3) is 0. The van der Waals surface area contributed by atoms with E-state index in [9.17, 15) is 0 Å². The molecule has 0 saturated carbocycles. The van der Waals surface area contributed by atoms with E-state index in [1.807, 2.05) is 0 Å². The molecule has 0 spiro atoms. The van der Waals surface area contributed by atoms with E-state index in [2.05, 4.69) is 27.0 Å². The Hall–Kier alpha value is -0.0900. The lowest BCUT2D eigenvalue weighted by molar-refractivity contribution is 1.33. The molecule has 1 heterocycles. The summed E-state index contributed by atoms with van der Waals surface area (Å²) < 4.78 is 3.54. The quantitative estimate of drug-likeness (QED) is 0.459. The lowest BCUT2D eigenvalue weighted by Crippen LogP contribution is -1.59. The van der Waals surface area contributed by atoms with Crippen molar-refractivity contribution < 1.29 is 0 Å². The third kappa shape index (κ3) is 0.693. The lowest BCUT2D eigenvalue weighted by atomic mass is 11.1. The normalized spacial score (nSPS) is 29.0. The van der Waals surface area contributed by atoms with Crippen molar-refractivity contribution in [2.45, 2.75) is 0 Å². The minimum absolute atomic E-state index is 0.367. The van der Waals surface area contributed by atoms with Crippen LogP contribution in [0.1, 0.15) is 0 Å². The van der Waals surface area contributed by atoms with Crippen molar-refractivity contribution >= 4 is 20.8 Å². The first-order valence-electron chi connectivity index (χ1n) is 1.30. The molecule has 4 heteroatoms. The predicted octanol–water partition coefficient (Wildman–Crippen LogP) is 0.722. The number of rotatable bonds is 0. The maximum Gasteiger partial charge on any atom is 0.123 e. The second-order valence-electron chi connectivity index (χ2n) is 0.705. The summed E-state index contributed by atoms with van der Waals surface area (Å²) in [5.41, 5.74) is 0. The summed E-state index contributed by atoms with van der Waals surface area (Å²) in [6, 6.07) is 0. The Bertz CT molecular complexity index is 112. The first-order chi connectivity index (χ1) is 2.89. The molecular weight excluding hydrogens is 116 g/mol. The summed E-state index contributed by atoms with van der Waals surface area (Å²) >= 11 is 4.65. The highest BCUT2D eigenvalue weighted by Crippen LogP contribution is 1.96. The molecule has 0 aromatic heterocycles. The second kappa shape index (κ2) is 1.57. The van der Waals surface area contributed by atoms with Gasteiger partial charge in [0.25, 0.3) is 0 Å². The molecule has 0 fully saturated rings. The molecule has 0 saturated heterocycles. The Balaban J connectivity index is 2.86. The van der Waals surface area contributed by atoms with Crippen LogP contribution in [0.15, 0.2) is 15.0 Å². The number of hydrogen-bond donors (Lipinski definition) is 0. The minimum Gasteiger partial charge on any atom is -0.140 e. The van der Waals surface area contributed by atoms with E-state index in [1.54, 1.807) is 5.41 Å². The summed E-state index contributed by atoms with van der Waals surface area (Å²) in [6.07, 6.45) is 2.51. The highest BCUT2D eigenvalue weighted by Gasteiger charge is 1.85. The summed E-state index contributed by atoms with van der Waals surface area (Å²) in [4.78, 5) is 0. The van der Waals surface area contributed by atoms with E-state index in [1.165, 1.54) is 0 Å². The Morgan fingerprint density at radius 3 is 2.83 bits per heavy atom. The van der Waals surface area contributed by atoms with Crippen molar-refractivity contribution in [3.8, 4) is 0 Å². The summed E-state index contributed by atoms with van der Waals surface area (Å²) in [5, 5.41) is 5.05. The Kier molecular flexibility index (Phi) is 1.07. The third-order valence-corrected chi connectivity index (χ3v) is 1.37. The molecule has 1 rings (SSSR count). The molecule has 6 heavy (non-hydrogen) atoms. The maximum absolute atomic E-state index is 4.65. The van der Waals surface area contributed by atoms with Gasteiger partial charge < -0.3 is 0 Å². The van der Waals surface area contributed by atoms with Crippen LogP contribution >= 0.6 is 0 Å². The van der Waals surface area contributed by atoms with Crippen molar-refractivity contribution in [3.05, 3.63) is 11.6 Å². The van der Waals surface area contributed by atoms with Crippen LogP contribution in [0, 0.1) is 6.20 Å². The lowest BCUT2D eigenvalue weighted by Gasteiger charge is -1.67. The van der Waals surface area contributed by atoms with Crippen LogP contribution in [-0.4, -0.2) is 0 Å². The van der Waals surface area contributed by atoms with Gasteiger partial charge in [0.05, 0.1) is 0 Å². The van der Waals surface area contributed by atoms with Gasteiger partial charge in [0.15, 0.2) is 0 Å². The molecule has 0 aliphatic carbocycles. The van der Waals surface area contributed by atoms with Crippen LogP contribution < -0.4 is 0 Å². The van der Waals surface area contributed by atoms with E-state index in [4.69, 9.17) is 0 Å². The van der Waals surface area contributed by atoms with Crippen LogP contribution in [0.4, 0.5) is 0 Å². The van der Waals surface area contributed by atoms with Crippen molar-refractivity contribution in [1.29, 1.82) is 0 Å². The van der Waals surface area contributed by atoms with Crippen LogP contribution in [-0.2, 0) is 20.8 Å². The van der Waals surface area contributed by atoms with Crippen LogP contribution in [0.5, 0.6) is 0 Å². The van der Waals surface area contributed by atoms with Gasteiger partial charge in [-0.3, -0.25) is 0 Å². The predicted molar refractivity (Wildman–Crippen MR) is 27.4 cm³/mol. The van der Waals surface area contributed by atoms with Crippen LogP contribution in [0.2, 0.25) is 0 Å². The summed E-state index contributed by atoms with van der Waals surface area (Å²) in [7, 11) is -0.367. The Morgan fingerprint density at radius 1 is 1.83 bits per heavy atom. The van der Waals surface area contributed by atoms with Crippen molar-refractivity contribution in [1.82, 2.24) is 0 Å². The Morgan fingerprint density at radius 2 is 2.67 bits per heavy atom. The molecule has 1 atom stereocenters. The van der Waals surface area contributed by atoms with E-state index in [0.29, 0.717) is 0 Å². The van der Waals surface area contributed by atoms with Crippen molar-refractivity contribution in [3.63, 3.8) is 0 Å². The SMILES string of the molecule is S=S1C=[C]N=N1. The van der Waals surface area contributed by atoms with Gasteiger partial charge in [-0.2, -0.15) is 0 Å². The monoisotopic (exact) mass is 117 g/mol. The topological polar surface area (TPSA) is 24.7 Å². The fourth-order valence-electron chi connectivity index (χ4n) is 0.156. The average Bonchev–Trinajstić information content (AvgIpc) is 1.86. The highest BCUT2D eigenvalue weighted by atomic mass is 32.8. The Labute approximate surface area is 42.7 Å². The van der Waals surface area contributed by atoms with Gasteiger partial charge in [0.2, 0.25) is 0 Å². The number of hydrogen-bond acceptors (Lipinski definition) is 2.